The predicted octanol–water partition coefficient (Wildman–Crippen LogP) is 4.23. The van der Waals surface area contributed by atoms with Crippen LogP contribution in [0.15, 0.2) is 23.6 Å². The number of thiazole rings is 1. The van der Waals surface area contributed by atoms with Crippen molar-refractivity contribution in [3.63, 3.8) is 0 Å². The van der Waals surface area contributed by atoms with Crippen LogP contribution in [0.2, 0.25) is 0 Å². The molecule has 5 nitrogen and oxygen atoms in total. The van der Waals surface area contributed by atoms with E-state index in [9.17, 15) is 14.0 Å². The lowest BCUT2D eigenvalue weighted by molar-refractivity contribution is 0.0520. The molecule has 0 radical (unpaired) electrons. The molecule has 1 N–H and O–H groups in total. The average Bonchev–Trinajstić information content (AvgIpc) is 3.13. The molecule has 0 bridgehead atoms. The zero-order valence-electron chi connectivity index (χ0n) is 12.9. The van der Waals surface area contributed by atoms with Crippen LogP contribution in [0.5, 0.6) is 0 Å². The van der Waals surface area contributed by atoms with Gasteiger partial charge in [0.15, 0.2) is 10.8 Å². The second-order valence-corrected chi connectivity index (χ2v) is 6.79. The summed E-state index contributed by atoms with van der Waals surface area (Å²) in [6.45, 7) is 3.67. The molecule has 2 aromatic heterocycles. The van der Waals surface area contributed by atoms with Gasteiger partial charge in [-0.1, -0.05) is 6.07 Å². The van der Waals surface area contributed by atoms with Gasteiger partial charge in [0, 0.05) is 15.5 Å². The number of aryl methyl sites for hydroxylation is 1. The quantitative estimate of drug-likeness (QED) is 0.703. The number of carbonyl (C=O) groups is 2. The van der Waals surface area contributed by atoms with Crippen LogP contribution in [0, 0.1) is 12.7 Å². The van der Waals surface area contributed by atoms with Crippen LogP contribution in [0.1, 0.15) is 32.6 Å². The molecule has 24 heavy (non-hydrogen) atoms. The number of halogens is 1. The lowest BCUT2D eigenvalue weighted by Gasteiger charge is -2.00. The van der Waals surface area contributed by atoms with Crippen LogP contribution < -0.4 is 5.32 Å². The van der Waals surface area contributed by atoms with Crippen LogP contribution in [0.3, 0.4) is 0 Å². The van der Waals surface area contributed by atoms with Gasteiger partial charge in [-0.25, -0.2) is 14.2 Å². The molecule has 2 heterocycles. The molecule has 3 rings (SSSR count). The van der Waals surface area contributed by atoms with Crippen molar-refractivity contribution >= 4 is 49.8 Å². The lowest BCUT2D eigenvalue weighted by atomic mass is 10.1. The Hall–Kier alpha value is -2.32. The molecular formula is C16H13FN2O3S2. The van der Waals surface area contributed by atoms with Crippen molar-refractivity contribution in [3.8, 4) is 0 Å². The normalized spacial score (nSPS) is 10.8. The first kappa shape index (κ1) is 16.5. The average molecular weight is 364 g/mol. The number of thiophene rings is 1. The number of carbonyl (C=O) groups excluding carboxylic acids is 2. The number of nitrogens with one attached hydrogen (secondary N) is 1. The van der Waals surface area contributed by atoms with Crippen LogP contribution in [0.4, 0.5) is 9.52 Å². The highest BCUT2D eigenvalue weighted by atomic mass is 32.1. The first-order chi connectivity index (χ1) is 11.5. The molecular weight excluding hydrogens is 351 g/mol. The lowest BCUT2D eigenvalue weighted by Crippen LogP contribution is -2.12. The van der Waals surface area contributed by atoms with Gasteiger partial charge < -0.3 is 4.74 Å². The maximum Gasteiger partial charge on any atom is 0.357 e. The molecule has 1 aromatic carbocycles. The number of rotatable bonds is 4. The second kappa shape index (κ2) is 6.66. The summed E-state index contributed by atoms with van der Waals surface area (Å²) in [5, 5.41) is 4.91. The number of esters is 1. The first-order valence-electron chi connectivity index (χ1n) is 7.13. The van der Waals surface area contributed by atoms with E-state index in [1.807, 2.05) is 0 Å². The molecule has 0 aliphatic carbocycles. The van der Waals surface area contributed by atoms with Crippen molar-refractivity contribution in [1.29, 1.82) is 0 Å². The summed E-state index contributed by atoms with van der Waals surface area (Å²) in [4.78, 5) is 28.5. The van der Waals surface area contributed by atoms with Gasteiger partial charge >= 0.3 is 5.97 Å². The molecule has 0 saturated heterocycles. The molecule has 0 aliphatic rings. The molecule has 3 aromatic rings. The molecule has 0 atom stereocenters. The molecule has 8 heteroatoms. The Morgan fingerprint density at radius 3 is 2.88 bits per heavy atom. The van der Waals surface area contributed by atoms with Crippen molar-refractivity contribution in [3.05, 3.63) is 45.5 Å². The Morgan fingerprint density at radius 2 is 2.17 bits per heavy atom. The number of aromatic nitrogens is 1. The molecule has 0 spiro atoms. The second-order valence-electron chi connectivity index (χ2n) is 4.88. The van der Waals surface area contributed by atoms with Gasteiger partial charge in [0.05, 0.1) is 11.5 Å². The minimum absolute atomic E-state index is 0.149. The number of fused-ring (bicyclic) bond motifs is 1. The smallest absolute Gasteiger partial charge is 0.357 e. The largest absolute Gasteiger partial charge is 0.461 e. The SMILES string of the molecule is CCOC(=O)c1csc(NC(=O)c2sc3cccc(F)c3c2C)n1. The Bertz CT molecular complexity index is 933. The molecule has 1 amide bonds. The monoisotopic (exact) mass is 364 g/mol. The van der Waals surface area contributed by atoms with E-state index in [0.29, 0.717) is 25.7 Å². The van der Waals surface area contributed by atoms with Gasteiger partial charge in [0.1, 0.15) is 5.82 Å². The van der Waals surface area contributed by atoms with E-state index in [1.165, 1.54) is 22.8 Å². The van der Waals surface area contributed by atoms with E-state index in [0.717, 1.165) is 11.3 Å². The van der Waals surface area contributed by atoms with Crippen molar-refractivity contribution < 1.29 is 18.7 Å². The molecule has 0 unspecified atom stereocenters. The summed E-state index contributed by atoms with van der Waals surface area (Å²) in [5.74, 6) is -1.26. The fourth-order valence-corrected chi connectivity index (χ4v) is 4.05. The summed E-state index contributed by atoms with van der Waals surface area (Å²) in [6.07, 6.45) is 0. The topological polar surface area (TPSA) is 68.3 Å². The van der Waals surface area contributed by atoms with Crippen LogP contribution in [0.25, 0.3) is 10.1 Å². The number of nitrogens with zero attached hydrogens (tertiary/aromatic N) is 1. The summed E-state index contributed by atoms with van der Waals surface area (Å²) < 4.78 is 19.5. The molecule has 0 aliphatic heterocycles. The molecule has 124 valence electrons. The van der Waals surface area contributed by atoms with Gasteiger partial charge in [0.25, 0.3) is 5.91 Å². The summed E-state index contributed by atoms with van der Waals surface area (Å²) in [5.41, 5.74) is 0.740. The van der Waals surface area contributed by atoms with E-state index in [2.05, 4.69) is 10.3 Å². The molecule has 0 fully saturated rings. The van der Waals surface area contributed by atoms with E-state index >= 15 is 0 Å². The van der Waals surface area contributed by atoms with Crippen molar-refractivity contribution in [2.75, 3.05) is 11.9 Å². The van der Waals surface area contributed by atoms with Gasteiger partial charge in [-0.2, -0.15) is 0 Å². The van der Waals surface area contributed by atoms with Crippen molar-refractivity contribution in [1.82, 2.24) is 4.98 Å². The van der Waals surface area contributed by atoms with E-state index in [-0.39, 0.29) is 24.0 Å². The Morgan fingerprint density at radius 1 is 1.38 bits per heavy atom. The van der Waals surface area contributed by atoms with E-state index in [4.69, 9.17) is 4.74 Å². The number of ether oxygens (including phenoxy) is 1. The summed E-state index contributed by atoms with van der Waals surface area (Å²) in [6, 6.07) is 4.76. The minimum atomic E-state index is -0.533. The number of hydrogen-bond acceptors (Lipinski definition) is 6. The first-order valence-corrected chi connectivity index (χ1v) is 8.82. The van der Waals surface area contributed by atoms with Crippen LogP contribution >= 0.6 is 22.7 Å². The summed E-state index contributed by atoms with van der Waals surface area (Å²) in [7, 11) is 0. The standard InChI is InChI=1S/C16H13FN2O3S2/c1-3-22-15(21)10-7-23-16(18-10)19-14(20)13-8(2)12-9(17)5-4-6-11(12)24-13/h4-7H,3H2,1-2H3,(H,18,19,20). The number of benzene rings is 1. The maximum absolute atomic E-state index is 13.9. The number of amides is 1. The van der Waals surface area contributed by atoms with Gasteiger partial charge in [-0.15, -0.1) is 22.7 Å². The highest BCUT2D eigenvalue weighted by molar-refractivity contribution is 7.21. The zero-order chi connectivity index (χ0) is 17.3. The highest BCUT2D eigenvalue weighted by Gasteiger charge is 2.19. The third-order valence-electron chi connectivity index (χ3n) is 3.32. The Labute approximate surface area is 145 Å². The highest BCUT2D eigenvalue weighted by Crippen LogP contribution is 2.33. The predicted molar refractivity (Wildman–Crippen MR) is 92.5 cm³/mol. The third-order valence-corrected chi connectivity index (χ3v) is 5.33. The zero-order valence-corrected chi connectivity index (χ0v) is 14.5. The van der Waals surface area contributed by atoms with E-state index in [1.54, 1.807) is 26.0 Å². The Kier molecular flexibility index (Phi) is 4.59. The fraction of sp³-hybridized carbons (Fsp3) is 0.188. The number of hydrogen-bond donors (Lipinski definition) is 1. The maximum atomic E-state index is 13.9. The number of anilines is 1. The van der Waals surface area contributed by atoms with Gasteiger partial charge in [0.2, 0.25) is 0 Å². The van der Waals surface area contributed by atoms with Crippen LogP contribution in [-0.4, -0.2) is 23.5 Å². The van der Waals surface area contributed by atoms with Gasteiger partial charge in [-0.05, 0) is 31.5 Å². The molecule has 0 saturated carbocycles. The van der Waals surface area contributed by atoms with Crippen LogP contribution in [-0.2, 0) is 4.74 Å². The Balaban J connectivity index is 1.84. The fourth-order valence-electron chi connectivity index (χ4n) is 2.25. The third kappa shape index (κ3) is 3.02. The minimum Gasteiger partial charge on any atom is -0.461 e. The van der Waals surface area contributed by atoms with E-state index < -0.39 is 5.97 Å². The van der Waals surface area contributed by atoms with Crippen molar-refractivity contribution in [2.24, 2.45) is 0 Å². The summed E-state index contributed by atoms with van der Waals surface area (Å²) >= 11 is 2.35. The van der Waals surface area contributed by atoms with Gasteiger partial charge in [-0.3, -0.25) is 10.1 Å². The van der Waals surface area contributed by atoms with Crippen molar-refractivity contribution in [2.45, 2.75) is 13.8 Å².